The van der Waals surface area contributed by atoms with E-state index in [1.165, 1.54) is 0 Å². The highest BCUT2D eigenvalue weighted by Gasteiger charge is 2.52. The molecule has 2 rings (SSSR count). The highest BCUT2D eigenvalue weighted by Crippen LogP contribution is 2.41. The minimum absolute atomic E-state index is 0.439. The van der Waals surface area contributed by atoms with E-state index in [9.17, 15) is 4.79 Å². The number of carbonyl (C=O) groups is 1. The molecule has 1 aliphatic carbocycles. The van der Waals surface area contributed by atoms with E-state index in [0.29, 0.717) is 4.48 Å². The van der Waals surface area contributed by atoms with E-state index in [-0.39, 0.29) is 0 Å². The Hall–Kier alpha value is -1.52. The van der Waals surface area contributed by atoms with Gasteiger partial charge in [0.25, 0.3) is 0 Å². The van der Waals surface area contributed by atoms with Crippen LogP contribution in [0.25, 0.3) is 10.4 Å². The molecule has 0 aromatic rings. The summed E-state index contributed by atoms with van der Waals surface area (Å²) in [5.74, 6) is 0.182. The predicted octanol–water partition coefficient (Wildman–Crippen LogP) is 2.02. The van der Waals surface area contributed by atoms with Crippen LogP contribution >= 0.6 is 15.9 Å². The number of fused-ring (bicyclic) bond motifs is 1. The molecule has 7 nitrogen and oxygen atoms in total. The standard InChI is InChI=1S/C12H12BrN3O4/c1-4-8(17)18-10-7(15-16-14)5-6(13)9-11(10)20-12(2,3)19-9/h1,5,7,9-11H,2-3H3/t7-,9+,10+,11+/m0/s1. The van der Waals surface area contributed by atoms with Gasteiger partial charge in [-0.25, -0.2) is 4.79 Å². The van der Waals surface area contributed by atoms with Crippen LogP contribution in [-0.4, -0.2) is 36.1 Å². The van der Waals surface area contributed by atoms with Gasteiger partial charge in [0, 0.05) is 15.3 Å². The van der Waals surface area contributed by atoms with Gasteiger partial charge in [-0.2, -0.15) is 0 Å². The van der Waals surface area contributed by atoms with E-state index in [1.54, 1.807) is 19.9 Å². The SMILES string of the molecule is C#CC(=O)O[C@H]1[C@@H]2OC(C)(C)O[C@@H]2C(Br)=C[C@@H]1N=[N+]=[N-]. The van der Waals surface area contributed by atoms with Gasteiger partial charge in [-0.05, 0) is 19.4 Å². The third kappa shape index (κ3) is 2.81. The Kier molecular flexibility index (Phi) is 4.06. The molecule has 0 saturated carbocycles. The first-order chi connectivity index (χ1) is 9.38. The average molecular weight is 342 g/mol. The van der Waals surface area contributed by atoms with Crippen LogP contribution in [0.5, 0.6) is 0 Å². The molecular formula is C12H12BrN3O4. The molecule has 0 bridgehead atoms. The van der Waals surface area contributed by atoms with Gasteiger partial charge in [0.05, 0.1) is 6.04 Å². The Labute approximate surface area is 124 Å². The van der Waals surface area contributed by atoms with Crippen molar-refractivity contribution in [2.45, 2.75) is 44.0 Å². The van der Waals surface area contributed by atoms with E-state index >= 15 is 0 Å². The first-order valence-electron chi connectivity index (χ1n) is 5.82. The maximum Gasteiger partial charge on any atom is 0.384 e. The lowest BCUT2D eigenvalue weighted by atomic mass is 9.94. The Morgan fingerprint density at radius 1 is 1.65 bits per heavy atom. The van der Waals surface area contributed by atoms with Crippen molar-refractivity contribution in [1.29, 1.82) is 0 Å². The Bertz CT molecular complexity index is 547. The third-order valence-corrected chi connectivity index (χ3v) is 3.65. The molecule has 0 unspecified atom stereocenters. The maximum atomic E-state index is 11.3. The molecule has 0 spiro atoms. The van der Waals surface area contributed by atoms with Crippen LogP contribution in [0.1, 0.15) is 13.8 Å². The number of terminal acetylenes is 1. The van der Waals surface area contributed by atoms with Gasteiger partial charge in [0.15, 0.2) is 5.79 Å². The molecular weight excluding hydrogens is 330 g/mol. The topological polar surface area (TPSA) is 93.5 Å². The molecule has 106 valence electrons. The first kappa shape index (κ1) is 14.9. The fourth-order valence-corrected chi connectivity index (χ4v) is 2.87. The number of nitrogens with zero attached hydrogens (tertiary/aromatic N) is 3. The number of carbonyl (C=O) groups excluding carboxylic acids is 1. The van der Waals surface area contributed by atoms with Crippen molar-refractivity contribution >= 4 is 21.9 Å². The molecule has 1 fully saturated rings. The average Bonchev–Trinajstić information content (AvgIpc) is 2.70. The van der Waals surface area contributed by atoms with Crippen LogP contribution in [0.2, 0.25) is 0 Å². The van der Waals surface area contributed by atoms with Crippen molar-refractivity contribution in [2.24, 2.45) is 5.11 Å². The summed E-state index contributed by atoms with van der Waals surface area (Å²) in [4.78, 5) is 14.1. The second kappa shape index (κ2) is 5.46. The monoisotopic (exact) mass is 341 g/mol. The molecule has 8 heteroatoms. The lowest BCUT2D eigenvalue weighted by molar-refractivity contribution is -0.167. The largest absolute Gasteiger partial charge is 0.449 e. The van der Waals surface area contributed by atoms with Crippen LogP contribution in [0.3, 0.4) is 0 Å². The summed E-state index contributed by atoms with van der Waals surface area (Å²) in [6.45, 7) is 3.49. The van der Waals surface area contributed by atoms with Crippen molar-refractivity contribution in [2.75, 3.05) is 0 Å². The van der Waals surface area contributed by atoms with Gasteiger partial charge in [-0.1, -0.05) is 27.1 Å². The Morgan fingerprint density at radius 2 is 2.35 bits per heavy atom. The molecule has 0 radical (unpaired) electrons. The van der Waals surface area contributed by atoms with Gasteiger partial charge in [0.2, 0.25) is 0 Å². The molecule has 0 N–H and O–H groups in total. The lowest BCUT2D eigenvalue weighted by Gasteiger charge is -2.32. The fourth-order valence-electron chi connectivity index (χ4n) is 2.24. The number of ether oxygens (including phenoxy) is 3. The van der Waals surface area contributed by atoms with Crippen LogP contribution in [0.15, 0.2) is 15.7 Å². The van der Waals surface area contributed by atoms with Crippen LogP contribution in [0, 0.1) is 12.3 Å². The van der Waals surface area contributed by atoms with Gasteiger partial charge in [-0.3, -0.25) is 0 Å². The van der Waals surface area contributed by atoms with Crippen molar-refractivity contribution in [3.05, 3.63) is 21.0 Å². The molecule has 0 amide bonds. The number of rotatable bonds is 2. The molecule has 0 aromatic carbocycles. The summed E-state index contributed by atoms with van der Waals surface area (Å²) >= 11 is 3.36. The number of halogens is 1. The number of hydrogen-bond donors (Lipinski definition) is 0. The second-order valence-corrected chi connectivity index (χ2v) is 5.70. The smallest absolute Gasteiger partial charge is 0.384 e. The van der Waals surface area contributed by atoms with Crippen molar-refractivity contribution in [3.8, 4) is 12.3 Å². The minimum Gasteiger partial charge on any atom is -0.449 e. The highest BCUT2D eigenvalue weighted by atomic mass is 79.9. The highest BCUT2D eigenvalue weighted by molar-refractivity contribution is 9.11. The van der Waals surface area contributed by atoms with Gasteiger partial charge < -0.3 is 14.2 Å². The zero-order valence-electron chi connectivity index (χ0n) is 10.8. The molecule has 2 aliphatic rings. The Morgan fingerprint density at radius 3 is 2.95 bits per heavy atom. The third-order valence-electron chi connectivity index (χ3n) is 2.94. The lowest BCUT2D eigenvalue weighted by Crippen LogP contribution is -2.48. The zero-order valence-corrected chi connectivity index (χ0v) is 12.4. The number of hydrogen-bond acceptors (Lipinski definition) is 5. The van der Waals surface area contributed by atoms with E-state index < -0.39 is 36.1 Å². The minimum atomic E-state index is -0.841. The van der Waals surface area contributed by atoms with Crippen molar-refractivity contribution in [1.82, 2.24) is 0 Å². The number of azide groups is 1. The van der Waals surface area contributed by atoms with Gasteiger partial charge in [0.1, 0.15) is 18.3 Å². The second-order valence-electron chi connectivity index (χ2n) is 4.78. The summed E-state index contributed by atoms with van der Waals surface area (Å²) in [6.07, 6.45) is 4.76. The van der Waals surface area contributed by atoms with E-state index in [4.69, 9.17) is 26.2 Å². The number of esters is 1. The Balaban J connectivity index is 2.35. The van der Waals surface area contributed by atoms with Crippen LogP contribution < -0.4 is 0 Å². The quantitative estimate of drug-likeness (QED) is 0.192. The van der Waals surface area contributed by atoms with Crippen LogP contribution in [0.4, 0.5) is 0 Å². The zero-order chi connectivity index (χ0) is 14.9. The van der Waals surface area contributed by atoms with Crippen LogP contribution in [-0.2, 0) is 19.0 Å². The summed E-state index contributed by atoms with van der Waals surface area (Å²) in [5.41, 5.74) is 8.62. The molecule has 1 heterocycles. The van der Waals surface area contributed by atoms with Gasteiger partial charge >= 0.3 is 5.97 Å². The molecule has 1 aliphatic heterocycles. The maximum absolute atomic E-state index is 11.3. The fraction of sp³-hybridized carbons (Fsp3) is 0.583. The molecule has 1 saturated heterocycles. The predicted molar refractivity (Wildman–Crippen MR) is 72.5 cm³/mol. The molecule has 20 heavy (non-hydrogen) atoms. The molecule has 4 atom stereocenters. The summed E-state index contributed by atoms with van der Waals surface area (Å²) in [5, 5.41) is 3.60. The first-order valence-corrected chi connectivity index (χ1v) is 6.61. The summed E-state index contributed by atoms with van der Waals surface area (Å²) in [6, 6.07) is -0.717. The summed E-state index contributed by atoms with van der Waals surface area (Å²) in [7, 11) is 0. The van der Waals surface area contributed by atoms with Crippen molar-refractivity contribution in [3.63, 3.8) is 0 Å². The normalized spacial score (nSPS) is 34.2. The van der Waals surface area contributed by atoms with Gasteiger partial charge in [-0.15, -0.1) is 6.42 Å². The van der Waals surface area contributed by atoms with Crippen molar-refractivity contribution < 1.29 is 19.0 Å². The van der Waals surface area contributed by atoms with E-state index in [1.807, 2.05) is 5.92 Å². The molecule has 0 aromatic heterocycles. The van der Waals surface area contributed by atoms with E-state index in [0.717, 1.165) is 0 Å². The van der Waals surface area contributed by atoms with E-state index in [2.05, 4.69) is 26.0 Å². The summed E-state index contributed by atoms with van der Waals surface area (Å²) < 4.78 is 17.3.